The van der Waals surface area contributed by atoms with Gasteiger partial charge >= 0.3 is 0 Å². The first kappa shape index (κ1) is 30.0. The molecule has 5 saturated carbocycles. The quantitative estimate of drug-likeness (QED) is 0.316. The van der Waals surface area contributed by atoms with Crippen molar-refractivity contribution in [3.05, 3.63) is 80.4 Å². The van der Waals surface area contributed by atoms with Crippen molar-refractivity contribution in [3.63, 3.8) is 0 Å². The lowest BCUT2D eigenvalue weighted by Gasteiger charge is -2.58. The van der Waals surface area contributed by atoms with E-state index >= 15 is 0 Å². The van der Waals surface area contributed by atoms with Gasteiger partial charge in [-0.15, -0.1) is 0 Å². The average molecular weight is 613 g/mol. The molecule has 244 valence electrons. The summed E-state index contributed by atoms with van der Waals surface area (Å²) in [6, 6.07) is 10.6. The Bertz CT molecular complexity index is 1600. The van der Waals surface area contributed by atoms with Gasteiger partial charge in [-0.1, -0.05) is 103 Å². The van der Waals surface area contributed by atoms with Crippen molar-refractivity contribution in [1.82, 2.24) is 0 Å². The third-order valence-electron chi connectivity index (χ3n) is 15.2. The molecule has 8 aliphatic rings. The molecular formula is C46H60. The first-order valence-electron chi connectivity index (χ1n) is 19.4. The minimum absolute atomic E-state index is 0.136. The molecule has 4 bridgehead atoms. The van der Waals surface area contributed by atoms with Crippen molar-refractivity contribution >= 4 is 0 Å². The number of hydrogen-bond acceptors (Lipinski definition) is 0. The molecule has 0 heteroatoms. The zero-order valence-corrected chi connectivity index (χ0v) is 30.6. The van der Waals surface area contributed by atoms with Crippen molar-refractivity contribution in [3.8, 4) is 11.1 Å². The van der Waals surface area contributed by atoms with Gasteiger partial charge < -0.3 is 0 Å². The van der Waals surface area contributed by atoms with E-state index in [9.17, 15) is 0 Å². The Kier molecular flexibility index (Phi) is 6.22. The maximum atomic E-state index is 2.92. The fourth-order valence-electron chi connectivity index (χ4n) is 14.0. The standard InChI is InChI=1S/C46H60/c1-26-14-36-33(21-39(26)43(3,4)5)34-22-40(44(6,7)8)27(2)15-37(34)42(36)45(9)38-13-11-10-12-32(38)35-19-31(20-41(35)45)46-23-28-16-29(24-46)18-30(17-28)25-46/h14-15,20-22,28-30,32,38,42H,10-13,16-19,23-25H2,1-9H3. The van der Waals surface area contributed by atoms with Gasteiger partial charge in [-0.25, -0.2) is 0 Å². The molecule has 2 aromatic rings. The molecule has 0 spiro atoms. The summed E-state index contributed by atoms with van der Waals surface area (Å²) in [6.45, 7) is 22.0. The number of allylic oxidation sites excluding steroid dienone is 4. The molecule has 0 aliphatic heterocycles. The van der Waals surface area contributed by atoms with E-state index in [-0.39, 0.29) is 16.2 Å². The van der Waals surface area contributed by atoms with Gasteiger partial charge in [0.25, 0.3) is 0 Å². The Labute approximate surface area is 280 Å². The molecule has 0 N–H and O–H groups in total. The summed E-state index contributed by atoms with van der Waals surface area (Å²) in [5, 5.41) is 0. The maximum absolute atomic E-state index is 2.92. The van der Waals surface area contributed by atoms with E-state index in [4.69, 9.17) is 0 Å². The van der Waals surface area contributed by atoms with Gasteiger partial charge in [-0.05, 0) is 168 Å². The van der Waals surface area contributed by atoms with Crippen LogP contribution in [0.25, 0.3) is 11.1 Å². The number of benzene rings is 2. The van der Waals surface area contributed by atoms with Crippen molar-refractivity contribution in [2.45, 2.75) is 150 Å². The molecule has 2 aromatic carbocycles. The average Bonchev–Trinajstić information content (AvgIpc) is 3.60. The van der Waals surface area contributed by atoms with Crippen LogP contribution in [0.4, 0.5) is 0 Å². The molecule has 0 saturated heterocycles. The topological polar surface area (TPSA) is 0 Å². The summed E-state index contributed by atoms with van der Waals surface area (Å²) >= 11 is 0. The van der Waals surface area contributed by atoms with Crippen molar-refractivity contribution < 1.29 is 0 Å². The summed E-state index contributed by atoms with van der Waals surface area (Å²) in [5.74, 6) is 5.08. The fraction of sp³-hybridized carbons (Fsp3) is 0.652. The molecule has 0 radical (unpaired) electrons. The van der Waals surface area contributed by atoms with Crippen LogP contribution in [0.2, 0.25) is 0 Å². The lowest BCUT2D eigenvalue weighted by Crippen LogP contribution is -2.47. The number of rotatable bonds is 2. The molecule has 0 aromatic heterocycles. The molecule has 5 fully saturated rings. The van der Waals surface area contributed by atoms with Gasteiger partial charge in [0.1, 0.15) is 0 Å². The van der Waals surface area contributed by atoms with Gasteiger partial charge in [-0.2, -0.15) is 0 Å². The normalized spacial score (nSPS) is 36.2. The second-order valence-electron chi connectivity index (χ2n) is 20.2. The van der Waals surface area contributed by atoms with Crippen LogP contribution in [0.5, 0.6) is 0 Å². The third kappa shape index (κ3) is 4.03. The van der Waals surface area contributed by atoms with E-state index in [2.05, 4.69) is 92.7 Å². The van der Waals surface area contributed by atoms with Crippen molar-refractivity contribution in [2.75, 3.05) is 0 Å². The molecule has 46 heavy (non-hydrogen) atoms. The van der Waals surface area contributed by atoms with E-state index in [1.165, 1.54) is 73.6 Å². The molecule has 0 nitrogen and oxygen atoms in total. The SMILES string of the molecule is Cc1cc2c(cc1C(C)(C)C)-c1cc(C(C)(C)C)c(C)cc1C2C1(C)C2=C(CC(C34CC5CC(CC(C5)C3)C4)=C2)C2CCCCC21. The molecule has 0 amide bonds. The highest BCUT2D eigenvalue weighted by molar-refractivity contribution is 5.83. The molecule has 0 heterocycles. The Morgan fingerprint density at radius 3 is 1.67 bits per heavy atom. The summed E-state index contributed by atoms with van der Waals surface area (Å²) < 4.78 is 0. The first-order valence-corrected chi connectivity index (χ1v) is 19.4. The Hall–Kier alpha value is -2.08. The lowest BCUT2D eigenvalue weighted by molar-refractivity contribution is -0.0316. The highest BCUT2D eigenvalue weighted by Crippen LogP contribution is 2.72. The molecule has 3 atom stereocenters. The van der Waals surface area contributed by atoms with Gasteiger partial charge in [0, 0.05) is 11.3 Å². The highest BCUT2D eigenvalue weighted by Gasteiger charge is 2.60. The number of aryl methyl sites for hydroxylation is 2. The zero-order chi connectivity index (χ0) is 32.1. The summed E-state index contributed by atoms with van der Waals surface area (Å²) in [4.78, 5) is 0. The zero-order valence-electron chi connectivity index (χ0n) is 30.6. The predicted octanol–water partition coefficient (Wildman–Crippen LogP) is 12.7. The molecular weight excluding hydrogens is 553 g/mol. The van der Waals surface area contributed by atoms with Crippen molar-refractivity contribution in [1.29, 1.82) is 0 Å². The number of hydrogen-bond donors (Lipinski definition) is 0. The van der Waals surface area contributed by atoms with Gasteiger partial charge in [0.05, 0.1) is 0 Å². The fourth-order valence-corrected chi connectivity index (χ4v) is 14.0. The van der Waals surface area contributed by atoms with Crippen LogP contribution in [0.15, 0.2) is 47.1 Å². The Morgan fingerprint density at radius 1 is 0.674 bits per heavy atom. The van der Waals surface area contributed by atoms with Crippen molar-refractivity contribution in [2.24, 2.45) is 40.4 Å². The Morgan fingerprint density at radius 2 is 1.17 bits per heavy atom. The minimum Gasteiger partial charge on any atom is -0.0596 e. The minimum atomic E-state index is 0.136. The van der Waals surface area contributed by atoms with Crippen LogP contribution < -0.4 is 0 Å². The van der Waals surface area contributed by atoms with Crippen LogP contribution in [0.3, 0.4) is 0 Å². The Balaban J connectivity index is 1.24. The maximum Gasteiger partial charge on any atom is 0.0199 e. The second kappa shape index (κ2) is 9.54. The van der Waals surface area contributed by atoms with E-state index in [0.717, 1.165) is 29.6 Å². The van der Waals surface area contributed by atoms with Gasteiger partial charge in [0.15, 0.2) is 0 Å². The van der Waals surface area contributed by atoms with E-state index in [0.29, 0.717) is 11.3 Å². The first-order chi connectivity index (χ1) is 21.7. The van der Waals surface area contributed by atoms with Crippen LogP contribution in [0, 0.1) is 54.3 Å². The molecule has 8 aliphatic carbocycles. The van der Waals surface area contributed by atoms with E-state index in [1.807, 2.05) is 16.7 Å². The highest BCUT2D eigenvalue weighted by atomic mass is 14.6. The van der Waals surface area contributed by atoms with Crippen LogP contribution in [-0.2, 0) is 10.8 Å². The van der Waals surface area contributed by atoms with Crippen LogP contribution in [0.1, 0.15) is 158 Å². The monoisotopic (exact) mass is 612 g/mol. The molecule has 10 rings (SSSR count). The predicted molar refractivity (Wildman–Crippen MR) is 194 cm³/mol. The van der Waals surface area contributed by atoms with E-state index in [1.54, 1.807) is 41.5 Å². The largest absolute Gasteiger partial charge is 0.0596 e. The summed E-state index contributed by atoms with van der Waals surface area (Å²) in [7, 11) is 0. The van der Waals surface area contributed by atoms with Crippen LogP contribution in [-0.4, -0.2) is 0 Å². The smallest absolute Gasteiger partial charge is 0.0199 e. The summed E-state index contributed by atoms with van der Waals surface area (Å²) in [6.07, 6.45) is 19.1. The second-order valence-corrected chi connectivity index (χ2v) is 20.2. The van der Waals surface area contributed by atoms with Crippen LogP contribution >= 0.6 is 0 Å². The molecule has 3 unspecified atom stereocenters. The van der Waals surface area contributed by atoms with Gasteiger partial charge in [0.2, 0.25) is 0 Å². The number of fused-ring (bicyclic) bond motifs is 5. The lowest BCUT2D eigenvalue weighted by atomic mass is 9.47. The third-order valence-corrected chi connectivity index (χ3v) is 15.2. The summed E-state index contributed by atoms with van der Waals surface area (Å²) in [5.41, 5.74) is 19.0. The van der Waals surface area contributed by atoms with Gasteiger partial charge in [-0.3, -0.25) is 0 Å². The van der Waals surface area contributed by atoms with E-state index < -0.39 is 0 Å².